The van der Waals surface area contributed by atoms with Crippen LogP contribution in [0.5, 0.6) is 0 Å². The third kappa shape index (κ3) is 3.83. The monoisotopic (exact) mass is 299 g/mol. The van der Waals surface area contributed by atoms with Gasteiger partial charge in [-0.05, 0) is 18.2 Å². The van der Waals surface area contributed by atoms with E-state index in [4.69, 9.17) is 10.4 Å². The van der Waals surface area contributed by atoms with Crippen molar-refractivity contribution in [1.82, 2.24) is 15.5 Å². The number of nitrogens with zero attached hydrogens (tertiary/aromatic N) is 2. The zero-order valence-corrected chi connectivity index (χ0v) is 11.5. The maximum absolute atomic E-state index is 11.7. The van der Waals surface area contributed by atoms with Crippen molar-refractivity contribution < 1.29 is 14.7 Å². The number of carbonyl (C=O) groups is 2. The summed E-state index contributed by atoms with van der Waals surface area (Å²) < 4.78 is 0. The fourth-order valence-corrected chi connectivity index (χ4v) is 1.71. The summed E-state index contributed by atoms with van der Waals surface area (Å²) in [5.41, 5.74) is 1.36. The van der Waals surface area contributed by atoms with Gasteiger partial charge in [0.15, 0.2) is 0 Å². The number of hydrogen-bond donors (Lipinski definition) is 4. The molecule has 0 aliphatic heterocycles. The van der Waals surface area contributed by atoms with Crippen LogP contribution in [0.25, 0.3) is 10.9 Å². The Kier molecular flexibility index (Phi) is 4.72. The van der Waals surface area contributed by atoms with Crippen molar-refractivity contribution in [3.63, 3.8) is 0 Å². The van der Waals surface area contributed by atoms with Crippen molar-refractivity contribution in [2.24, 2.45) is 0 Å². The molecule has 0 radical (unpaired) electrons. The first-order valence-corrected chi connectivity index (χ1v) is 6.40. The maximum atomic E-state index is 11.7. The number of anilines is 1. The Morgan fingerprint density at radius 2 is 2.27 bits per heavy atom. The lowest BCUT2D eigenvalue weighted by atomic mass is 10.2. The molecule has 8 heteroatoms. The predicted molar refractivity (Wildman–Crippen MR) is 78.7 cm³/mol. The number of nitriles is 1. The van der Waals surface area contributed by atoms with E-state index < -0.39 is 11.9 Å². The van der Waals surface area contributed by atoms with Gasteiger partial charge in [-0.25, -0.2) is 0 Å². The lowest BCUT2D eigenvalue weighted by Gasteiger charge is -2.04. The molecular weight excluding hydrogens is 286 g/mol. The van der Waals surface area contributed by atoms with Gasteiger partial charge in [0.05, 0.1) is 18.1 Å². The van der Waals surface area contributed by atoms with Crippen LogP contribution < -0.4 is 10.6 Å². The second-order valence-electron chi connectivity index (χ2n) is 4.39. The highest BCUT2D eigenvalue weighted by Gasteiger charge is 2.09. The molecule has 8 nitrogen and oxygen atoms in total. The third-order valence-corrected chi connectivity index (χ3v) is 2.81. The van der Waals surface area contributed by atoms with E-state index in [1.807, 2.05) is 6.07 Å². The van der Waals surface area contributed by atoms with Gasteiger partial charge in [-0.1, -0.05) is 0 Å². The Morgan fingerprint density at radius 1 is 1.45 bits per heavy atom. The van der Waals surface area contributed by atoms with E-state index in [9.17, 15) is 9.59 Å². The fraction of sp³-hybridized carbons (Fsp3) is 0.143. The summed E-state index contributed by atoms with van der Waals surface area (Å²) >= 11 is 0. The number of fused-ring (bicyclic) bond motifs is 1. The number of nitrogens with one attached hydrogen (secondary N) is 3. The number of hydrogen-bond acceptors (Lipinski definition) is 5. The van der Waals surface area contributed by atoms with Gasteiger partial charge in [0, 0.05) is 23.8 Å². The van der Waals surface area contributed by atoms with Crippen LogP contribution in [0.2, 0.25) is 0 Å². The highest BCUT2D eigenvalue weighted by atomic mass is 16.4. The van der Waals surface area contributed by atoms with Crippen molar-refractivity contribution >= 4 is 28.5 Å². The Hall–Kier alpha value is -3.34. The predicted octanol–water partition coefficient (Wildman–Crippen LogP) is 0.973. The largest absolute Gasteiger partial charge is 0.481 e. The summed E-state index contributed by atoms with van der Waals surface area (Å²) in [6.07, 6.45) is 2.76. The zero-order chi connectivity index (χ0) is 15.9. The number of H-pyrrole nitrogens is 1. The van der Waals surface area contributed by atoms with Crippen LogP contribution in [0.3, 0.4) is 0 Å². The van der Waals surface area contributed by atoms with Crippen molar-refractivity contribution in [2.75, 3.05) is 11.9 Å². The lowest BCUT2D eigenvalue weighted by Crippen LogP contribution is -2.27. The first kappa shape index (κ1) is 15.1. The summed E-state index contributed by atoms with van der Waals surface area (Å²) in [6.45, 7) is -0.0344. The molecule has 0 saturated carbocycles. The number of aromatic nitrogens is 2. The van der Waals surface area contributed by atoms with Crippen LogP contribution in [0.4, 0.5) is 5.69 Å². The highest BCUT2D eigenvalue weighted by Crippen LogP contribution is 2.16. The van der Waals surface area contributed by atoms with Crippen LogP contribution in [-0.2, 0) is 9.59 Å². The van der Waals surface area contributed by atoms with Gasteiger partial charge in [-0.2, -0.15) is 10.4 Å². The first-order valence-electron chi connectivity index (χ1n) is 6.40. The van der Waals surface area contributed by atoms with Gasteiger partial charge >= 0.3 is 5.97 Å². The SMILES string of the molecule is N#C/C(=C/Nc1ccc2cn[nH]c2c1)C(=O)NCCC(=O)O. The van der Waals surface area contributed by atoms with Crippen molar-refractivity contribution in [3.8, 4) is 6.07 Å². The van der Waals surface area contributed by atoms with E-state index in [1.165, 1.54) is 6.20 Å². The molecule has 0 bridgehead atoms. The van der Waals surface area contributed by atoms with E-state index in [-0.39, 0.29) is 18.5 Å². The van der Waals surface area contributed by atoms with Gasteiger partial charge in [-0.3, -0.25) is 14.7 Å². The molecule has 22 heavy (non-hydrogen) atoms. The average Bonchev–Trinajstić information content (AvgIpc) is 2.95. The normalized spacial score (nSPS) is 11.0. The molecule has 0 saturated heterocycles. The molecule has 2 rings (SSSR count). The summed E-state index contributed by atoms with van der Waals surface area (Å²) in [5, 5.41) is 30.3. The molecule has 1 amide bonds. The van der Waals surface area contributed by atoms with Crippen LogP contribution in [0.15, 0.2) is 36.2 Å². The molecule has 0 unspecified atom stereocenters. The number of rotatable bonds is 6. The Labute approximate surface area is 125 Å². The van der Waals surface area contributed by atoms with Crippen molar-refractivity contribution in [3.05, 3.63) is 36.2 Å². The Bertz CT molecular complexity index is 772. The standard InChI is InChI=1S/C14H13N5O3/c15-6-10(14(22)16-4-3-13(20)21)7-17-11-2-1-9-8-18-19-12(9)5-11/h1-2,5,7-8,17H,3-4H2,(H,16,22)(H,18,19)(H,20,21)/b10-7-. The molecule has 2 aromatic rings. The molecule has 1 heterocycles. The molecule has 0 spiro atoms. The summed E-state index contributed by atoms with van der Waals surface area (Å²) in [7, 11) is 0. The van der Waals surface area contributed by atoms with E-state index in [1.54, 1.807) is 24.4 Å². The number of aromatic amines is 1. The van der Waals surface area contributed by atoms with Crippen LogP contribution >= 0.6 is 0 Å². The first-order chi connectivity index (χ1) is 10.6. The molecule has 1 aromatic carbocycles. The van der Waals surface area contributed by atoms with Gasteiger partial charge in [0.2, 0.25) is 0 Å². The minimum absolute atomic E-state index is 0.0344. The van der Waals surface area contributed by atoms with Crippen LogP contribution in [0.1, 0.15) is 6.42 Å². The van der Waals surface area contributed by atoms with E-state index in [0.717, 1.165) is 10.9 Å². The number of amides is 1. The molecule has 0 aliphatic rings. The lowest BCUT2D eigenvalue weighted by molar-refractivity contribution is -0.136. The summed E-state index contributed by atoms with van der Waals surface area (Å²) in [5.74, 6) is -1.65. The smallest absolute Gasteiger partial charge is 0.305 e. The quantitative estimate of drug-likeness (QED) is 0.464. The van der Waals surface area contributed by atoms with Gasteiger partial charge in [0.25, 0.3) is 5.91 Å². The zero-order valence-electron chi connectivity index (χ0n) is 11.5. The molecule has 0 aliphatic carbocycles. The topological polar surface area (TPSA) is 131 Å². The van der Waals surface area contributed by atoms with Crippen molar-refractivity contribution in [1.29, 1.82) is 5.26 Å². The van der Waals surface area contributed by atoms with E-state index >= 15 is 0 Å². The average molecular weight is 299 g/mol. The molecule has 112 valence electrons. The van der Waals surface area contributed by atoms with Gasteiger partial charge in [-0.15, -0.1) is 0 Å². The number of benzene rings is 1. The molecule has 0 atom stereocenters. The van der Waals surface area contributed by atoms with E-state index in [0.29, 0.717) is 5.69 Å². The fourth-order valence-electron chi connectivity index (χ4n) is 1.71. The number of carbonyl (C=O) groups excluding carboxylic acids is 1. The number of carboxylic acid groups (broad SMARTS) is 1. The molecule has 1 aromatic heterocycles. The highest BCUT2D eigenvalue weighted by molar-refractivity contribution is 5.97. The van der Waals surface area contributed by atoms with Crippen LogP contribution in [0, 0.1) is 11.3 Å². The molecular formula is C14H13N5O3. The Morgan fingerprint density at radius 3 is 3.00 bits per heavy atom. The van der Waals surface area contributed by atoms with Gasteiger partial charge < -0.3 is 15.7 Å². The minimum Gasteiger partial charge on any atom is -0.481 e. The number of carboxylic acids is 1. The second kappa shape index (κ2) is 6.90. The molecule has 0 fully saturated rings. The summed E-state index contributed by atoms with van der Waals surface area (Å²) in [4.78, 5) is 22.1. The van der Waals surface area contributed by atoms with Crippen molar-refractivity contribution in [2.45, 2.75) is 6.42 Å². The van der Waals surface area contributed by atoms with Crippen LogP contribution in [-0.4, -0.2) is 33.7 Å². The second-order valence-corrected chi connectivity index (χ2v) is 4.39. The molecule has 4 N–H and O–H groups in total. The van der Waals surface area contributed by atoms with Gasteiger partial charge in [0.1, 0.15) is 11.6 Å². The van der Waals surface area contributed by atoms with E-state index in [2.05, 4.69) is 20.8 Å². The number of aliphatic carboxylic acids is 1. The minimum atomic E-state index is -1.02. The maximum Gasteiger partial charge on any atom is 0.305 e. The third-order valence-electron chi connectivity index (χ3n) is 2.81. The Balaban J connectivity index is 2.00. The summed E-state index contributed by atoms with van der Waals surface area (Å²) in [6, 6.07) is 7.17.